The lowest BCUT2D eigenvalue weighted by atomic mass is 10.1. The molecule has 3 rings (SSSR count). The van der Waals surface area contributed by atoms with Gasteiger partial charge in [-0.3, -0.25) is 19.8 Å². The third-order valence-electron chi connectivity index (χ3n) is 4.07. The van der Waals surface area contributed by atoms with Crippen LogP contribution in [0.1, 0.15) is 5.56 Å². The Kier molecular flexibility index (Phi) is 6.71. The van der Waals surface area contributed by atoms with Crippen molar-refractivity contribution in [1.29, 1.82) is 0 Å². The standard InChI is InChI=1S/C20H14Cl2N2O5S/c1-28-16(25)10-29-15-8-3-2-5-11(15)9-12-18(26)23-20(30)24(19(12)27)14-7-4-6-13(21)17(14)22/h2-9H,10H2,1H3,(H,23,26,30)/b12-9+. The molecule has 2 aromatic rings. The number of methoxy groups -OCH3 is 1. The number of esters is 1. The molecule has 1 aliphatic rings. The van der Waals surface area contributed by atoms with E-state index in [1.54, 1.807) is 42.5 Å². The Morgan fingerprint density at radius 1 is 1.17 bits per heavy atom. The van der Waals surface area contributed by atoms with Crippen LogP contribution in [0.25, 0.3) is 6.08 Å². The molecule has 0 saturated carbocycles. The maximum absolute atomic E-state index is 13.1. The fraction of sp³-hybridized carbons (Fsp3) is 0.100. The molecule has 7 nitrogen and oxygen atoms in total. The van der Waals surface area contributed by atoms with Crippen LogP contribution in [0.4, 0.5) is 5.69 Å². The van der Waals surface area contributed by atoms with Gasteiger partial charge >= 0.3 is 5.97 Å². The molecule has 1 heterocycles. The molecule has 154 valence electrons. The van der Waals surface area contributed by atoms with E-state index in [0.29, 0.717) is 5.56 Å². The van der Waals surface area contributed by atoms with E-state index in [1.807, 2.05) is 0 Å². The smallest absolute Gasteiger partial charge is 0.343 e. The minimum absolute atomic E-state index is 0.118. The Hall–Kier alpha value is -2.94. The number of amides is 2. The number of hydrogen-bond acceptors (Lipinski definition) is 6. The summed E-state index contributed by atoms with van der Waals surface area (Å²) in [4.78, 5) is 38.1. The molecule has 1 fully saturated rings. The minimum Gasteiger partial charge on any atom is -0.481 e. The highest BCUT2D eigenvalue weighted by molar-refractivity contribution is 7.80. The topological polar surface area (TPSA) is 84.9 Å². The molecule has 1 aliphatic heterocycles. The maximum Gasteiger partial charge on any atom is 0.343 e. The fourth-order valence-corrected chi connectivity index (χ4v) is 3.28. The van der Waals surface area contributed by atoms with Crippen LogP contribution in [-0.2, 0) is 19.1 Å². The number of carbonyl (C=O) groups excluding carboxylic acids is 3. The van der Waals surface area contributed by atoms with E-state index < -0.39 is 17.8 Å². The number of para-hydroxylation sites is 1. The van der Waals surface area contributed by atoms with Crippen molar-refractivity contribution in [3.8, 4) is 5.75 Å². The van der Waals surface area contributed by atoms with Gasteiger partial charge in [0, 0.05) is 5.56 Å². The molecule has 1 saturated heterocycles. The summed E-state index contributed by atoms with van der Waals surface area (Å²) in [7, 11) is 1.24. The summed E-state index contributed by atoms with van der Waals surface area (Å²) in [5.41, 5.74) is 0.443. The van der Waals surface area contributed by atoms with Crippen LogP contribution in [0.5, 0.6) is 5.75 Å². The predicted molar refractivity (Wildman–Crippen MR) is 117 cm³/mol. The van der Waals surface area contributed by atoms with E-state index >= 15 is 0 Å². The second-order valence-electron chi connectivity index (χ2n) is 5.93. The van der Waals surface area contributed by atoms with Gasteiger partial charge in [0.1, 0.15) is 11.3 Å². The molecular formula is C20H14Cl2N2O5S. The molecule has 1 N–H and O–H groups in total. The third-order valence-corrected chi connectivity index (χ3v) is 5.16. The first-order valence-electron chi connectivity index (χ1n) is 8.47. The lowest BCUT2D eigenvalue weighted by Gasteiger charge is -2.29. The van der Waals surface area contributed by atoms with Gasteiger partial charge in [-0.15, -0.1) is 0 Å². The van der Waals surface area contributed by atoms with Crippen molar-refractivity contribution >= 4 is 70.1 Å². The van der Waals surface area contributed by atoms with Crippen molar-refractivity contribution in [3.63, 3.8) is 0 Å². The van der Waals surface area contributed by atoms with Gasteiger partial charge in [-0.1, -0.05) is 47.5 Å². The number of carbonyl (C=O) groups is 3. The van der Waals surface area contributed by atoms with Gasteiger partial charge in [-0.25, -0.2) is 4.79 Å². The zero-order chi connectivity index (χ0) is 21.8. The predicted octanol–water partition coefficient (Wildman–Crippen LogP) is 3.38. The second kappa shape index (κ2) is 9.25. The molecule has 30 heavy (non-hydrogen) atoms. The van der Waals surface area contributed by atoms with Crippen LogP contribution in [-0.4, -0.2) is 36.6 Å². The highest BCUT2D eigenvalue weighted by atomic mass is 35.5. The molecule has 0 radical (unpaired) electrons. The van der Waals surface area contributed by atoms with Crippen molar-refractivity contribution in [2.75, 3.05) is 18.6 Å². The largest absolute Gasteiger partial charge is 0.481 e. The number of anilines is 1. The maximum atomic E-state index is 13.1. The Labute approximate surface area is 187 Å². The van der Waals surface area contributed by atoms with Crippen LogP contribution >= 0.6 is 35.4 Å². The molecule has 2 amide bonds. The highest BCUT2D eigenvalue weighted by Crippen LogP contribution is 2.34. The fourth-order valence-electron chi connectivity index (χ4n) is 2.62. The Morgan fingerprint density at radius 3 is 2.63 bits per heavy atom. The van der Waals surface area contributed by atoms with Gasteiger partial charge in [-0.05, 0) is 36.5 Å². The van der Waals surface area contributed by atoms with Crippen molar-refractivity contribution in [2.24, 2.45) is 0 Å². The van der Waals surface area contributed by atoms with E-state index in [4.69, 9.17) is 40.2 Å². The van der Waals surface area contributed by atoms with E-state index in [9.17, 15) is 14.4 Å². The summed E-state index contributed by atoms with van der Waals surface area (Å²) in [5, 5.41) is 2.69. The lowest BCUT2D eigenvalue weighted by Crippen LogP contribution is -2.54. The zero-order valence-corrected chi connectivity index (χ0v) is 17.8. The van der Waals surface area contributed by atoms with Gasteiger partial charge in [0.2, 0.25) is 0 Å². The van der Waals surface area contributed by atoms with Crippen molar-refractivity contribution in [2.45, 2.75) is 0 Å². The van der Waals surface area contributed by atoms with Crippen molar-refractivity contribution in [3.05, 3.63) is 63.6 Å². The Bertz CT molecular complexity index is 1090. The number of nitrogens with zero attached hydrogens (tertiary/aromatic N) is 1. The van der Waals surface area contributed by atoms with Gasteiger partial charge in [0.25, 0.3) is 11.8 Å². The molecule has 0 spiro atoms. The zero-order valence-electron chi connectivity index (χ0n) is 15.5. The lowest BCUT2D eigenvalue weighted by molar-refractivity contribution is -0.143. The van der Waals surface area contributed by atoms with Crippen LogP contribution in [0.3, 0.4) is 0 Å². The Balaban J connectivity index is 2.00. The summed E-state index contributed by atoms with van der Waals surface area (Å²) in [6.07, 6.45) is 1.34. The summed E-state index contributed by atoms with van der Waals surface area (Å²) in [6.45, 7) is -0.328. The molecule has 0 aromatic heterocycles. The number of benzene rings is 2. The van der Waals surface area contributed by atoms with E-state index in [-0.39, 0.29) is 38.8 Å². The van der Waals surface area contributed by atoms with Crippen molar-refractivity contribution in [1.82, 2.24) is 5.32 Å². The van der Waals surface area contributed by atoms with Crippen molar-refractivity contribution < 1.29 is 23.9 Å². The first-order valence-corrected chi connectivity index (χ1v) is 9.64. The van der Waals surface area contributed by atoms with Crippen LogP contribution < -0.4 is 15.0 Å². The highest BCUT2D eigenvalue weighted by Gasteiger charge is 2.35. The van der Waals surface area contributed by atoms with Gasteiger partial charge < -0.3 is 9.47 Å². The summed E-state index contributed by atoms with van der Waals surface area (Å²) >= 11 is 17.4. The van der Waals surface area contributed by atoms with E-state index in [1.165, 1.54) is 13.2 Å². The Morgan fingerprint density at radius 2 is 1.90 bits per heavy atom. The SMILES string of the molecule is COC(=O)COc1ccccc1/C=C1\C(=O)NC(=S)N(c2cccc(Cl)c2Cl)C1=O. The summed E-state index contributed by atoms with van der Waals surface area (Å²) < 4.78 is 9.98. The average Bonchev–Trinajstić information content (AvgIpc) is 2.72. The van der Waals surface area contributed by atoms with Crippen LogP contribution in [0.2, 0.25) is 10.0 Å². The van der Waals surface area contributed by atoms with E-state index in [0.717, 1.165) is 4.90 Å². The third kappa shape index (κ3) is 4.46. The molecule has 0 bridgehead atoms. The second-order valence-corrected chi connectivity index (χ2v) is 7.11. The minimum atomic E-state index is -0.685. The molecule has 0 aliphatic carbocycles. The average molecular weight is 465 g/mol. The first kappa shape index (κ1) is 21.8. The number of thiocarbonyl (C=S) groups is 1. The number of ether oxygens (including phenoxy) is 2. The van der Waals surface area contributed by atoms with Gasteiger partial charge in [0.05, 0.1) is 22.8 Å². The number of nitrogens with one attached hydrogen (secondary N) is 1. The first-order chi connectivity index (χ1) is 14.3. The van der Waals surface area contributed by atoms with Gasteiger partial charge in [0.15, 0.2) is 11.7 Å². The normalized spacial score (nSPS) is 15.2. The quantitative estimate of drug-likeness (QED) is 0.316. The summed E-state index contributed by atoms with van der Waals surface area (Å²) in [6, 6.07) is 11.3. The van der Waals surface area contributed by atoms with E-state index in [2.05, 4.69) is 10.1 Å². The summed E-state index contributed by atoms with van der Waals surface area (Å²) in [5.74, 6) is -1.65. The molecule has 0 unspecified atom stereocenters. The van der Waals surface area contributed by atoms with Crippen LogP contribution in [0.15, 0.2) is 48.0 Å². The molecule has 0 atom stereocenters. The molecule has 10 heteroatoms. The number of halogens is 2. The van der Waals surface area contributed by atoms with Gasteiger partial charge in [-0.2, -0.15) is 0 Å². The number of hydrogen-bond donors (Lipinski definition) is 1. The molecular weight excluding hydrogens is 451 g/mol. The molecule has 2 aromatic carbocycles. The monoisotopic (exact) mass is 464 g/mol. The number of rotatable bonds is 5. The van der Waals surface area contributed by atoms with Crippen LogP contribution in [0, 0.1) is 0 Å².